The third kappa shape index (κ3) is 1.82. The number of imide groups is 1. The first-order valence-corrected chi connectivity index (χ1v) is 6.38. The molecule has 0 fully saturated rings. The van der Waals surface area contributed by atoms with Crippen LogP contribution < -0.4 is 0 Å². The predicted octanol–water partition coefficient (Wildman–Crippen LogP) is 1.39. The van der Waals surface area contributed by atoms with E-state index < -0.39 is 5.97 Å². The summed E-state index contributed by atoms with van der Waals surface area (Å²) in [5.74, 6) is -1.01. The minimum atomic E-state index is -0.421. The first-order valence-electron chi connectivity index (χ1n) is 6.38. The molecule has 0 bridgehead atoms. The SMILES string of the molecule is COC(=O)c1ccc2c(c1)[C@@H](N1C(=O)C=CC1=O)CC2. The largest absolute Gasteiger partial charge is 0.465 e. The van der Waals surface area contributed by atoms with Crippen molar-refractivity contribution in [1.82, 2.24) is 4.90 Å². The van der Waals surface area contributed by atoms with E-state index in [0.29, 0.717) is 12.0 Å². The summed E-state index contributed by atoms with van der Waals surface area (Å²) >= 11 is 0. The Morgan fingerprint density at radius 3 is 2.60 bits per heavy atom. The number of rotatable bonds is 2. The third-order valence-electron chi connectivity index (χ3n) is 3.77. The van der Waals surface area contributed by atoms with Gasteiger partial charge in [0, 0.05) is 12.2 Å². The van der Waals surface area contributed by atoms with Crippen LogP contribution in [0.3, 0.4) is 0 Å². The van der Waals surface area contributed by atoms with Crippen molar-refractivity contribution in [2.45, 2.75) is 18.9 Å². The average molecular weight is 271 g/mol. The highest BCUT2D eigenvalue weighted by Gasteiger charge is 2.36. The molecule has 5 heteroatoms. The zero-order valence-corrected chi connectivity index (χ0v) is 11.0. The van der Waals surface area contributed by atoms with Crippen LogP contribution in [0.5, 0.6) is 0 Å². The van der Waals surface area contributed by atoms with E-state index in [1.165, 1.54) is 24.2 Å². The van der Waals surface area contributed by atoms with Gasteiger partial charge in [0.2, 0.25) is 0 Å². The molecule has 1 aromatic rings. The van der Waals surface area contributed by atoms with Gasteiger partial charge in [-0.15, -0.1) is 0 Å². The summed E-state index contributed by atoms with van der Waals surface area (Å²) in [7, 11) is 1.32. The maximum atomic E-state index is 11.8. The molecule has 0 radical (unpaired) electrons. The van der Waals surface area contributed by atoms with Gasteiger partial charge < -0.3 is 4.74 Å². The molecule has 0 spiro atoms. The Labute approximate surface area is 115 Å². The maximum absolute atomic E-state index is 11.8. The second-order valence-corrected chi connectivity index (χ2v) is 4.84. The van der Waals surface area contributed by atoms with Crippen LogP contribution in [0.25, 0.3) is 0 Å². The fourth-order valence-corrected chi connectivity index (χ4v) is 2.81. The average Bonchev–Trinajstić information content (AvgIpc) is 3.01. The molecule has 1 aromatic carbocycles. The van der Waals surface area contributed by atoms with Crippen LogP contribution in [-0.4, -0.2) is 29.8 Å². The fraction of sp³-hybridized carbons (Fsp3) is 0.267. The van der Waals surface area contributed by atoms with Gasteiger partial charge in [0.15, 0.2) is 0 Å². The third-order valence-corrected chi connectivity index (χ3v) is 3.77. The number of methoxy groups -OCH3 is 1. The van der Waals surface area contributed by atoms with Crippen molar-refractivity contribution in [3.05, 3.63) is 47.0 Å². The summed E-state index contributed by atoms with van der Waals surface area (Å²) in [6.07, 6.45) is 4.05. The topological polar surface area (TPSA) is 63.7 Å². The van der Waals surface area contributed by atoms with Crippen molar-refractivity contribution < 1.29 is 19.1 Å². The molecule has 2 amide bonds. The zero-order chi connectivity index (χ0) is 14.3. The van der Waals surface area contributed by atoms with E-state index in [0.717, 1.165) is 17.5 Å². The van der Waals surface area contributed by atoms with Gasteiger partial charge in [-0.25, -0.2) is 4.79 Å². The van der Waals surface area contributed by atoms with Crippen molar-refractivity contribution in [2.75, 3.05) is 7.11 Å². The van der Waals surface area contributed by atoms with E-state index >= 15 is 0 Å². The lowest BCUT2D eigenvalue weighted by molar-refractivity contribution is -0.139. The Morgan fingerprint density at radius 1 is 1.25 bits per heavy atom. The minimum Gasteiger partial charge on any atom is -0.465 e. The molecule has 1 heterocycles. The van der Waals surface area contributed by atoms with Gasteiger partial charge in [-0.1, -0.05) is 6.07 Å². The zero-order valence-electron chi connectivity index (χ0n) is 11.0. The number of carbonyl (C=O) groups excluding carboxylic acids is 3. The molecule has 0 unspecified atom stereocenters. The molecular weight excluding hydrogens is 258 g/mol. The lowest BCUT2D eigenvalue weighted by Gasteiger charge is -2.23. The first-order chi connectivity index (χ1) is 9.61. The summed E-state index contributed by atoms with van der Waals surface area (Å²) in [5.41, 5.74) is 2.36. The van der Waals surface area contributed by atoms with Crippen molar-refractivity contribution in [3.63, 3.8) is 0 Å². The van der Waals surface area contributed by atoms with Gasteiger partial charge in [-0.05, 0) is 36.1 Å². The maximum Gasteiger partial charge on any atom is 0.337 e. The van der Waals surface area contributed by atoms with Crippen LogP contribution in [-0.2, 0) is 20.7 Å². The molecule has 0 saturated carbocycles. The summed E-state index contributed by atoms with van der Waals surface area (Å²) < 4.78 is 4.70. The molecular formula is C15H13NO4. The van der Waals surface area contributed by atoms with Crippen LogP contribution in [0, 0.1) is 0 Å². The van der Waals surface area contributed by atoms with Crippen LogP contribution in [0.2, 0.25) is 0 Å². The normalized spacial score (nSPS) is 20.4. The fourth-order valence-electron chi connectivity index (χ4n) is 2.81. The highest BCUT2D eigenvalue weighted by Crippen LogP contribution is 2.37. The number of nitrogens with zero attached hydrogens (tertiary/aromatic N) is 1. The number of amides is 2. The lowest BCUT2D eigenvalue weighted by Crippen LogP contribution is -2.33. The Kier molecular flexibility index (Phi) is 2.89. The van der Waals surface area contributed by atoms with Gasteiger partial charge >= 0.3 is 5.97 Å². The highest BCUT2D eigenvalue weighted by molar-refractivity contribution is 6.13. The molecule has 2 aliphatic rings. The number of ether oxygens (including phenoxy) is 1. The van der Waals surface area contributed by atoms with Crippen molar-refractivity contribution in [1.29, 1.82) is 0 Å². The molecule has 0 N–H and O–H groups in total. The summed E-state index contributed by atoms with van der Waals surface area (Å²) in [6, 6.07) is 5.00. The van der Waals surface area contributed by atoms with Gasteiger partial charge in [-0.2, -0.15) is 0 Å². The summed E-state index contributed by atoms with van der Waals surface area (Å²) in [5, 5.41) is 0. The standard InChI is InChI=1S/C15H13NO4/c1-20-15(19)10-3-2-9-4-5-12(11(9)8-10)16-13(17)6-7-14(16)18/h2-3,6-8,12H,4-5H2,1H3/t12-/m0/s1. The molecule has 1 aliphatic heterocycles. The van der Waals surface area contributed by atoms with Crippen molar-refractivity contribution >= 4 is 17.8 Å². The van der Waals surface area contributed by atoms with E-state index in [9.17, 15) is 14.4 Å². The van der Waals surface area contributed by atoms with Gasteiger partial charge in [0.25, 0.3) is 11.8 Å². The molecule has 0 aromatic heterocycles. The number of benzene rings is 1. The highest BCUT2D eigenvalue weighted by atomic mass is 16.5. The quantitative estimate of drug-likeness (QED) is 0.602. The smallest absolute Gasteiger partial charge is 0.337 e. The second kappa shape index (κ2) is 4.59. The van der Waals surface area contributed by atoms with E-state index in [4.69, 9.17) is 4.74 Å². The van der Waals surface area contributed by atoms with Crippen LogP contribution in [0.4, 0.5) is 0 Å². The van der Waals surface area contributed by atoms with Gasteiger partial charge in [0.05, 0.1) is 18.7 Å². The molecule has 20 heavy (non-hydrogen) atoms. The summed E-state index contributed by atoms with van der Waals surface area (Å²) in [4.78, 5) is 36.4. The number of esters is 1. The van der Waals surface area contributed by atoms with E-state index in [-0.39, 0.29) is 17.9 Å². The van der Waals surface area contributed by atoms with Crippen LogP contribution >= 0.6 is 0 Å². The number of hydrogen-bond acceptors (Lipinski definition) is 4. The Hall–Kier alpha value is -2.43. The minimum absolute atomic E-state index is 0.287. The Morgan fingerprint density at radius 2 is 1.95 bits per heavy atom. The van der Waals surface area contributed by atoms with Gasteiger partial charge in [0.1, 0.15) is 0 Å². The molecule has 5 nitrogen and oxygen atoms in total. The molecule has 3 rings (SSSR count). The lowest BCUT2D eigenvalue weighted by atomic mass is 10.0. The summed E-state index contributed by atoms with van der Waals surface area (Å²) in [6.45, 7) is 0. The van der Waals surface area contributed by atoms with E-state index in [1.54, 1.807) is 12.1 Å². The van der Waals surface area contributed by atoms with Gasteiger partial charge in [-0.3, -0.25) is 14.5 Å². The number of hydrogen-bond donors (Lipinski definition) is 0. The molecule has 0 saturated heterocycles. The monoisotopic (exact) mass is 271 g/mol. The van der Waals surface area contributed by atoms with Crippen LogP contribution in [0.1, 0.15) is 33.9 Å². The van der Waals surface area contributed by atoms with E-state index in [2.05, 4.69) is 0 Å². The predicted molar refractivity (Wildman–Crippen MR) is 69.8 cm³/mol. The first kappa shape index (κ1) is 12.6. The number of carbonyl (C=O) groups is 3. The van der Waals surface area contributed by atoms with Crippen LogP contribution in [0.15, 0.2) is 30.4 Å². The number of aryl methyl sites for hydroxylation is 1. The molecule has 1 aliphatic carbocycles. The molecule has 1 atom stereocenters. The Bertz CT molecular complexity index is 629. The Balaban J connectivity index is 1.98. The number of fused-ring (bicyclic) bond motifs is 1. The van der Waals surface area contributed by atoms with Crippen molar-refractivity contribution in [3.8, 4) is 0 Å². The van der Waals surface area contributed by atoms with E-state index in [1.807, 2.05) is 6.07 Å². The van der Waals surface area contributed by atoms with Crippen molar-refractivity contribution in [2.24, 2.45) is 0 Å². The molecule has 102 valence electrons. The second-order valence-electron chi connectivity index (χ2n) is 4.84.